The van der Waals surface area contributed by atoms with Crippen molar-refractivity contribution < 1.29 is 27.5 Å². The van der Waals surface area contributed by atoms with E-state index in [1.807, 2.05) is 19.1 Å². The summed E-state index contributed by atoms with van der Waals surface area (Å²) in [5.74, 6) is -0.0738. The van der Waals surface area contributed by atoms with Crippen molar-refractivity contribution >= 4 is 44.0 Å². The van der Waals surface area contributed by atoms with E-state index in [4.69, 9.17) is 26.8 Å². The van der Waals surface area contributed by atoms with E-state index in [9.17, 15) is 18.0 Å². The van der Waals surface area contributed by atoms with Crippen LogP contribution in [-0.2, 0) is 34.0 Å². The largest absolute Gasteiger partial charge is 0.491 e. The Hall–Kier alpha value is -3.92. The molecule has 1 aliphatic carbocycles. The molecule has 2 amide bonds. The van der Waals surface area contributed by atoms with Gasteiger partial charge in [-0.15, -0.1) is 0 Å². The van der Waals surface area contributed by atoms with Crippen LogP contribution in [0.4, 0.5) is 0 Å². The van der Waals surface area contributed by atoms with Crippen molar-refractivity contribution in [3.05, 3.63) is 106 Å². The molecule has 0 fully saturated rings. The number of carbonyl (C=O) groups is 2. The van der Waals surface area contributed by atoms with Gasteiger partial charge in [0.05, 0.1) is 17.3 Å². The molecule has 4 aromatic carbocycles. The number of fused-ring (bicyclic) bond motifs is 2. The van der Waals surface area contributed by atoms with Crippen molar-refractivity contribution in [3.63, 3.8) is 0 Å². The SMILES string of the molecule is CCCS(=O)(=O)c1ccc2c(c1)CC(N(Cc1cc(Cl)ccc1OCCOC)C(=O)c1ccc3c(C(N)=O)cccc3c1)C2. The molecule has 8 nitrogen and oxygen atoms in total. The molecule has 1 unspecified atom stereocenters. The minimum atomic E-state index is -3.38. The lowest BCUT2D eigenvalue weighted by molar-refractivity contribution is 0.0665. The maximum absolute atomic E-state index is 14.4. The summed E-state index contributed by atoms with van der Waals surface area (Å²) in [5, 5.41) is 1.90. The molecule has 5 rings (SSSR count). The molecule has 10 heteroatoms. The first-order valence-corrected chi connectivity index (χ1v) is 16.5. The first-order valence-electron chi connectivity index (χ1n) is 14.5. The minimum Gasteiger partial charge on any atom is -0.491 e. The van der Waals surface area contributed by atoms with Crippen molar-refractivity contribution in [3.8, 4) is 5.75 Å². The van der Waals surface area contributed by atoms with Crippen LogP contribution in [0.1, 0.15) is 50.8 Å². The van der Waals surface area contributed by atoms with Gasteiger partial charge >= 0.3 is 0 Å². The number of methoxy groups -OCH3 is 1. The third-order valence-corrected chi connectivity index (χ3v) is 10.1. The van der Waals surface area contributed by atoms with Gasteiger partial charge < -0.3 is 20.1 Å². The molecule has 230 valence electrons. The summed E-state index contributed by atoms with van der Waals surface area (Å²) < 4.78 is 36.7. The van der Waals surface area contributed by atoms with Crippen LogP contribution in [0.25, 0.3) is 10.8 Å². The predicted octanol–water partition coefficient (Wildman–Crippen LogP) is 5.61. The maximum Gasteiger partial charge on any atom is 0.254 e. The Balaban J connectivity index is 1.53. The van der Waals surface area contributed by atoms with Gasteiger partial charge in [-0.3, -0.25) is 9.59 Å². The molecule has 0 heterocycles. The van der Waals surface area contributed by atoms with Gasteiger partial charge in [-0.25, -0.2) is 8.42 Å². The van der Waals surface area contributed by atoms with Crippen molar-refractivity contribution in [2.75, 3.05) is 26.1 Å². The standard InChI is InChI=1S/C34H35ClN2O6S/c1-3-15-44(40,41)29-10-7-22-18-28(19-25(22)20-29)37(21-26-17-27(35)9-12-32(26)43-14-13-42-2)34(39)24-8-11-30-23(16-24)5-4-6-31(30)33(36)38/h4-12,16-17,20,28H,3,13-15,18-19,21H2,1-2H3,(H2,36,38). The second kappa shape index (κ2) is 13.4. The molecule has 0 radical (unpaired) electrons. The van der Waals surface area contributed by atoms with Crippen LogP contribution < -0.4 is 10.5 Å². The van der Waals surface area contributed by atoms with Gasteiger partial charge in [0, 0.05) is 41.4 Å². The highest BCUT2D eigenvalue weighted by Gasteiger charge is 2.32. The van der Waals surface area contributed by atoms with Gasteiger partial charge in [-0.1, -0.05) is 42.8 Å². The molecule has 4 aromatic rings. The number of benzene rings is 4. The van der Waals surface area contributed by atoms with Gasteiger partial charge in [0.25, 0.3) is 5.91 Å². The highest BCUT2D eigenvalue weighted by Crippen LogP contribution is 2.33. The molecule has 1 aliphatic rings. The Morgan fingerprint density at radius 2 is 1.77 bits per heavy atom. The fourth-order valence-electron chi connectivity index (χ4n) is 5.77. The normalized spacial score (nSPS) is 14.4. The number of nitrogens with zero attached hydrogens (tertiary/aromatic N) is 1. The van der Waals surface area contributed by atoms with E-state index in [0.717, 1.165) is 22.1 Å². The summed E-state index contributed by atoms with van der Waals surface area (Å²) in [6.07, 6.45) is 1.59. The van der Waals surface area contributed by atoms with Crippen LogP contribution in [0.3, 0.4) is 0 Å². The number of carbonyl (C=O) groups excluding carboxylic acids is 2. The Labute approximate surface area is 262 Å². The topological polar surface area (TPSA) is 116 Å². The van der Waals surface area contributed by atoms with E-state index >= 15 is 0 Å². The van der Waals surface area contributed by atoms with Crippen molar-refractivity contribution in [2.45, 2.75) is 43.7 Å². The van der Waals surface area contributed by atoms with Crippen molar-refractivity contribution in [2.24, 2.45) is 5.73 Å². The molecule has 0 saturated carbocycles. The summed E-state index contributed by atoms with van der Waals surface area (Å²) in [4.78, 5) is 28.4. The monoisotopic (exact) mass is 634 g/mol. The summed E-state index contributed by atoms with van der Waals surface area (Å²) in [5.41, 5.74) is 9.07. The molecule has 1 atom stereocenters. The van der Waals surface area contributed by atoms with E-state index in [1.54, 1.807) is 72.7 Å². The average molecular weight is 635 g/mol. The van der Waals surface area contributed by atoms with Gasteiger partial charge in [0.2, 0.25) is 5.91 Å². The number of halogens is 1. The highest BCUT2D eigenvalue weighted by molar-refractivity contribution is 7.91. The van der Waals surface area contributed by atoms with E-state index in [1.165, 1.54) is 0 Å². The maximum atomic E-state index is 14.4. The van der Waals surface area contributed by atoms with Crippen molar-refractivity contribution in [1.82, 2.24) is 4.90 Å². The van der Waals surface area contributed by atoms with Gasteiger partial charge in [-0.2, -0.15) is 0 Å². The highest BCUT2D eigenvalue weighted by atomic mass is 35.5. The zero-order valence-electron chi connectivity index (χ0n) is 24.7. The van der Waals surface area contributed by atoms with Gasteiger partial charge in [0.15, 0.2) is 9.84 Å². The number of hydrogen-bond acceptors (Lipinski definition) is 6. The zero-order chi connectivity index (χ0) is 31.4. The molecule has 0 aromatic heterocycles. The number of hydrogen-bond donors (Lipinski definition) is 1. The molecule has 0 spiro atoms. The van der Waals surface area contributed by atoms with E-state index in [-0.39, 0.29) is 24.2 Å². The number of rotatable bonds is 12. The quantitative estimate of drug-likeness (QED) is 0.203. The van der Waals surface area contributed by atoms with Gasteiger partial charge in [-0.05, 0) is 89.7 Å². The average Bonchev–Trinajstić information content (AvgIpc) is 3.43. The van der Waals surface area contributed by atoms with E-state index in [0.29, 0.717) is 64.7 Å². The summed E-state index contributed by atoms with van der Waals surface area (Å²) in [6.45, 7) is 2.78. The Kier molecular flexibility index (Phi) is 9.58. The Bertz CT molecular complexity index is 1820. The molecule has 2 N–H and O–H groups in total. The second-order valence-corrected chi connectivity index (χ2v) is 13.5. The fraction of sp³-hybridized carbons (Fsp3) is 0.294. The number of ether oxygens (including phenoxy) is 2. The molecule has 0 bridgehead atoms. The second-order valence-electron chi connectivity index (χ2n) is 10.9. The third-order valence-electron chi connectivity index (χ3n) is 7.92. The molecule has 0 saturated heterocycles. The van der Waals surface area contributed by atoms with Gasteiger partial charge in [0.1, 0.15) is 12.4 Å². The number of nitrogens with two attached hydrogens (primary N) is 1. The zero-order valence-corrected chi connectivity index (χ0v) is 26.3. The van der Waals surface area contributed by atoms with Crippen LogP contribution in [-0.4, -0.2) is 57.3 Å². The molecular formula is C34H35ClN2O6S. The van der Waals surface area contributed by atoms with Crippen LogP contribution in [0.2, 0.25) is 5.02 Å². The smallest absolute Gasteiger partial charge is 0.254 e. The lowest BCUT2D eigenvalue weighted by Gasteiger charge is -2.30. The van der Waals surface area contributed by atoms with Crippen molar-refractivity contribution in [1.29, 1.82) is 0 Å². The Morgan fingerprint density at radius 1 is 0.977 bits per heavy atom. The number of sulfone groups is 1. The molecular weight excluding hydrogens is 600 g/mol. The van der Waals surface area contributed by atoms with E-state index < -0.39 is 15.7 Å². The van der Waals surface area contributed by atoms with Crippen LogP contribution in [0, 0.1) is 0 Å². The molecule has 0 aliphatic heterocycles. The first-order chi connectivity index (χ1) is 21.1. The lowest BCUT2D eigenvalue weighted by atomic mass is 10.0. The summed E-state index contributed by atoms with van der Waals surface area (Å²) in [6, 6.07) is 20.8. The third kappa shape index (κ3) is 6.75. The van der Waals surface area contributed by atoms with E-state index in [2.05, 4.69) is 0 Å². The lowest BCUT2D eigenvalue weighted by Crippen LogP contribution is -2.40. The minimum absolute atomic E-state index is 0.0832. The van der Waals surface area contributed by atoms with Crippen LogP contribution in [0.15, 0.2) is 77.7 Å². The number of primary amides is 1. The number of amides is 2. The van der Waals surface area contributed by atoms with Crippen LogP contribution in [0.5, 0.6) is 5.75 Å². The summed E-state index contributed by atoms with van der Waals surface area (Å²) in [7, 11) is -1.79. The molecule has 44 heavy (non-hydrogen) atoms. The first kappa shape index (κ1) is 31.5. The summed E-state index contributed by atoms with van der Waals surface area (Å²) >= 11 is 6.40. The Morgan fingerprint density at radius 3 is 2.52 bits per heavy atom. The fourth-order valence-corrected chi connectivity index (χ4v) is 7.33. The predicted molar refractivity (Wildman–Crippen MR) is 171 cm³/mol. The van der Waals surface area contributed by atoms with Crippen LogP contribution >= 0.6 is 11.6 Å².